The molecule has 0 saturated carbocycles. The van der Waals surface area contributed by atoms with Gasteiger partial charge in [-0.3, -0.25) is 0 Å². The topological polar surface area (TPSA) is 18.5 Å². The van der Waals surface area contributed by atoms with Gasteiger partial charge in [-0.15, -0.1) is 0 Å². The summed E-state index contributed by atoms with van der Waals surface area (Å²) in [7, 11) is 4.29. The van der Waals surface area contributed by atoms with Gasteiger partial charge in [0.1, 0.15) is 0 Å². The molecule has 0 bridgehead atoms. The minimum absolute atomic E-state index is 1.17. The fraction of sp³-hybridized carbons (Fsp3) is 1.00. The van der Waals surface area contributed by atoms with Crippen LogP contribution in [0.3, 0.4) is 0 Å². The second-order valence-corrected chi connectivity index (χ2v) is 4.10. The highest BCUT2D eigenvalue weighted by molar-refractivity contribution is 4.65. The summed E-state index contributed by atoms with van der Waals surface area (Å²) in [5.41, 5.74) is 0. The molecule has 0 aliphatic carbocycles. The lowest BCUT2D eigenvalue weighted by Crippen LogP contribution is -2.30. The van der Waals surface area contributed by atoms with Crippen molar-refractivity contribution in [2.75, 3.05) is 53.4 Å². The van der Waals surface area contributed by atoms with Gasteiger partial charge in [-0.25, -0.2) is 0 Å². The van der Waals surface area contributed by atoms with Gasteiger partial charge in [-0.05, 0) is 53.1 Å². The molecule has 1 saturated heterocycles. The van der Waals surface area contributed by atoms with Crippen LogP contribution in [0.1, 0.15) is 12.8 Å². The molecule has 1 fully saturated rings. The van der Waals surface area contributed by atoms with Crippen LogP contribution in [0.5, 0.6) is 0 Å². The van der Waals surface area contributed by atoms with Gasteiger partial charge < -0.3 is 15.1 Å². The molecular weight excluding hydrogens is 162 g/mol. The molecule has 0 atom stereocenters. The molecule has 13 heavy (non-hydrogen) atoms. The van der Waals surface area contributed by atoms with Crippen LogP contribution in [0.15, 0.2) is 0 Å². The monoisotopic (exact) mass is 185 g/mol. The van der Waals surface area contributed by atoms with E-state index in [1.807, 2.05) is 0 Å². The summed E-state index contributed by atoms with van der Waals surface area (Å²) < 4.78 is 0. The molecule has 0 aromatic carbocycles. The molecule has 0 aromatic heterocycles. The van der Waals surface area contributed by atoms with E-state index in [-0.39, 0.29) is 0 Å². The van der Waals surface area contributed by atoms with Crippen LogP contribution in [0, 0.1) is 0 Å². The highest BCUT2D eigenvalue weighted by Crippen LogP contribution is 1.97. The molecule has 1 aliphatic heterocycles. The summed E-state index contributed by atoms with van der Waals surface area (Å²) in [6.07, 6.45) is 2.61. The normalized spacial score (nSPS) is 20.5. The third kappa shape index (κ3) is 5.24. The van der Waals surface area contributed by atoms with Crippen molar-refractivity contribution < 1.29 is 0 Å². The van der Waals surface area contributed by atoms with Crippen molar-refractivity contribution in [3.8, 4) is 0 Å². The second kappa shape index (κ2) is 6.35. The van der Waals surface area contributed by atoms with E-state index in [1.165, 1.54) is 52.1 Å². The minimum Gasteiger partial charge on any atom is -0.315 e. The Morgan fingerprint density at radius 1 is 1.23 bits per heavy atom. The molecule has 1 rings (SSSR count). The molecule has 0 aromatic rings. The third-order valence-electron chi connectivity index (χ3n) is 2.51. The van der Waals surface area contributed by atoms with E-state index < -0.39 is 0 Å². The maximum Gasteiger partial charge on any atom is 0.0107 e. The molecular formula is C10H23N3. The number of nitrogens with zero attached hydrogens (tertiary/aromatic N) is 2. The third-order valence-corrected chi connectivity index (χ3v) is 2.51. The van der Waals surface area contributed by atoms with Crippen molar-refractivity contribution in [2.45, 2.75) is 12.8 Å². The van der Waals surface area contributed by atoms with E-state index >= 15 is 0 Å². The lowest BCUT2D eigenvalue weighted by molar-refractivity contribution is 0.270. The van der Waals surface area contributed by atoms with E-state index in [1.54, 1.807) is 0 Å². The summed E-state index contributed by atoms with van der Waals surface area (Å²) in [5, 5.41) is 3.42. The van der Waals surface area contributed by atoms with Crippen LogP contribution in [-0.4, -0.2) is 63.2 Å². The van der Waals surface area contributed by atoms with Crippen LogP contribution in [0.25, 0.3) is 0 Å². The zero-order valence-corrected chi connectivity index (χ0v) is 9.05. The van der Waals surface area contributed by atoms with Crippen LogP contribution in [0.2, 0.25) is 0 Å². The Balaban J connectivity index is 2.05. The van der Waals surface area contributed by atoms with Crippen LogP contribution in [0.4, 0.5) is 0 Å². The largest absolute Gasteiger partial charge is 0.315 e. The first-order chi connectivity index (χ1) is 6.29. The predicted octanol–water partition coefficient (Wildman–Crippen LogP) is 0.233. The molecule has 3 nitrogen and oxygen atoms in total. The van der Waals surface area contributed by atoms with Gasteiger partial charge in [0.2, 0.25) is 0 Å². The molecule has 3 heteroatoms. The Kier molecular flexibility index (Phi) is 5.35. The lowest BCUT2D eigenvalue weighted by Gasteiger charge is -2.20. The Bertz CT molecular complexity index is 117. The van der Waals surface area contributed by atoms with Gasteiger partial charge in [-0.1, -0.05) is 0 Å². The fourth-order valence-corrected chi connectivity index (χ4v) is 1.74. The van der Waals surface area contributed by atoms with Crippen molar-refractivity contribution in [2.24, 2.45) is 0 Å². The Morgan fingerprint density at radius 3 is 2.85 bits per heavy atom. The first kappa shape index (κ1) is 11.0. The Hall–Kier alpha value is -0.120. The van der Waals surface area contributed by atoms with Crippen molar-refractivity contribution in [3.63, 3.8) is 0 Å². The van der Waals surface area contributed by atoms with E-state index in [0.29, 0.717) is 0 Å². The summed E-state index contributed by atoms with van der Waals surface area (Å²) in [6.45, 7) is 7.35. The van der Waals surface area contributed by atoms with Crippen molar-refractivity contribution >= 4 is 0 Å². The average Bonchev–Trinajstić information content (AvgIpc) is 2.32. The SMILES string of the molecule is CN(C)CCCN1CCCNCC1. The Morgan fingerprint density at radius 2 is 2.08 bits per heavy atom. The Labute approximate surface area is 82.1 Å². The highest BCUT2D eigenvalue weighted by atomic mass is 15.2. The van der Waals surface area contributed by atoms with Gasteiger partial charge >= 0.3 is 0 Å². The molecule has 0 spiro atoms. The van der Waals surface area contributed by atoms with E-state index in [0.717, 1.165) is 0 Å². The summed E-state index contributed by atoms with van der Waals surface area (Å²) in [6, 6.07) is 0. The predicted molar refractivity (Wildman–Crippen MR) is 57.1 cm³/mol. The lowest BCUT2D eigenvalue weighted by atomic mass is 10.3. The molecule has 1 N–H and O–H groups in total. The van der Waals surface area contributed by atoms with Crippen LogP contribution < -0.4 is 5.32 Å². The van der Waals surface area contributed by atoms with E-state index in [4.69, 9.17) is 0 Å². The highest BCUT2D eigenvalue weighted by Gasteiger charge is 2.07. The maximum absolute atomic E-state index is 3.42. The molecule has 0 unspecified atom stereocenters. The first-order valence-electron chi connectivity index (χ1n) is 5.37. The molecule has 1 heterocycles. The van der Waals surface area contributed by atoms with Crippen molar-refractivity contribution in [1.82, 2.24) is 15.1 Å². The van der Waals surface area contributed by atoms with Crippen LogP contribution >= 0.6 is 0 Å². The van der Waals surface area contributed by atoms with E-state index in [9.17, 15) is 0 Å². The minimum atomic E-state index is 1.17. The van der Waals surface area contributed by atoms with Gasteiger partial charge in [0.15, 0.2) is 0 Å². The van der Waals surface area contributed by atoms with Gasteiger partial charge in [0.25, 0.3) is 0 Å². The molecule has 0 radical (unpaired) electrons. The van der Waals surface area contributed by atoms with Crippen LogP contribution in [-0.2, 0) is 0 Å². The van der Waals surface area contributed by atoms with Gasteiger partial charge in [0.05, 0.1) is 0 Å². The zero-order valence-electron chi connectivity index (χ0n) is 9.05. The summed E-state index contributed by atoms with van der Waals surface area (Å²) in [5.74, 6) is 0. The van der Waals surface area contributed by atoms with Crippen molar-refractivity contribution in [3.05, 3.63) is 0 Å². The zero-order chi connectivity index (χ0) is 9.52. The summed E-state index contributed by atoms with van der Waals surface area (Å²) in [4.78, 5) is 4.83. The molecule has 0 amide bonds. The quantitative estimate of drug-likeness (QED) is 0.676. The maximum atomic E-state index is 3.42. The average molecular weight is 185 g/mol. The van der Waals surface area contributed by atoms with Gasteiger partial charge in [-0.2, -0.15) is 0 Å². The number of hydrogen-bond acceptors (Lipinski definition) is 3. The first-order valence-corrected chi connectivity index (χ1v) is 5.37. The smallest absolute Gasteiger partial charge is 0.0107 e. The molecule has 1 aliphatic rings. The van der Waals surface area contributed by atoms with E-state index in [2.05, 4.69) is 29.2 Å². The fourth-order valence-electron chi connectivity index (χ4n) is 1.74. The van der Waals surface area contributed by atoms with Crippen molar-refractivity contribution in [1.29, 1.82) is 0 Å². The summed E-state index contributed by atoms with van der Waals surface area (Å²) >= 11 is 0. The number of nitrogens with one attached hydrogen (secondary N) is 1. The number of rotatable bonds is 4. The standard InChI is InChI=1S/C10H23N3/c1-12(2)7-4-9-13-8-3-5-11-6-10-13/h11H,3-10H2,1-2H3. The molecule has 78 valence electrons. The second-order valence-electron chi connectivity index (χ2n) is 4.10. The number of hydrogen-bond donors (Lipinski definition) is 1. The van der Waals surface area contributed by atoms with Gasteiger partial charge in [0, 0.05) is 13.1 Å².